The van der Waals surface area contributed by atoms with Crippen LogP contribution in [0.4, 0.5) is 23.5 Å². The Hall–Kier alpha value is -1.79. The molecule has 0 amide bonds. The van der Waals surface area contributed by atoms with Crippen molar-refractivity contribution in [1.29, 1.82) is 0 Å². The molecule has 6 nitrogen and oxygen atoms in total. The number of para-hydroxylation sites is 1. The molecule has 0 saturated heterocycles. The number of halogens is 2. The Kier molecular flexibility index (Phi) is 4.24. The lowest BCUT2D eigenvalue weighted by atomic mass is 10.3. The second-order valence-electron chi connectivity index (χ2n) is 3.53. The summed E-state index contributed by atoms with van der Waals surface area (Å²) in [4.78, 5) is 12.5. The molecule has 3 N–H and O–H groups in total. The molecule has 2 aromatic rings. The first-order chi connectivity index (χ1) is 9.13. The fourth-order valence-corrected chi connectivity index (χ4v) is 1.88. The highest BCUT2D eigenvalue weighted by Gasteiger charge is 2.09. The van der Waals surface area contributed by atoms with Gasteiger partial charge in [0.25, 0.3) is 0 Å². The molecule has 0 atom stereocenters. The van der Waals surface area contributed by atoms with Crippen molar-refractivity contribution in [3.63, 3.8) is 0 Å². The van der Waals surface area contributed by atoms with E-state index >= 15 is 0 Å². The number of aromatic nitrogens is 3. The first kappa shape index (κ1) is 13.6. The van der Waals surface area contributed by atoms with Crippen LogP contribution in [-0.4, -0.2) is 29.0 Å². The van der Waals surface area contributed by atoms with Crippen LogP contribution in [0.1, 0.15) is 0 Å². The molecule has 8 heteroatoms. The van der Waals surface area contributed by atoms with Gasteiger partial charge < -0.3 is 16.0 Å². The lowest BCUT2D eigenvalue weighted by molar-refractivity contribution is 1.05. The maximum Gasteiger partial charge on any atom is 0.233 e. The number of benzene rings is 1. The molecule has 1 aromatic carbocycles. The average Bonchev–Trinajstić information content (AvgIpc) is 2.42. The van der Waals surface area contributed by atoms with Crippen molar-refractivity contribution in [3.05, 3.63) is 28.2 Å². The standard InChI is InChI=1S/C11H12Cl2N6/c1-14-9-17-10(15-2)19-11(18-9)16-8-6(12)4-3-5-7(8)13/h3-5H,1-2H3,(H3,14,15,16,17,18,19). The number of nitrogens with zero attached hydrogens (tertiary/aromatic N) is 3. The summed E-state index contributed by atoms with van der Waals surface area (Å²) in [6.07, 6.45) is 0. The highest BCUT2D eigenvalue weighted by atomic mass is 35.5. The summed E-state index contributed by atoms with van der Waals surface area (Å²) >= 11 is 12.2. The van der Waals surface area contributed by atoms with E-state index in [4.69, 9.17) is 23.2 Å². The lowest BCUT2D eigenvalue weighted by Gasteiger charge is -2.10. The van der Waals surface area contributed by atoms with Crippen molar-refractivity contribution in [1.82, 2.24) is 15.0 Å². The van der Waals surface area contributed by atoms with Gasteiger partial charge in [-0.15, -0.1) is 0 Å². The first-order valence-corrected chi connectivity index (χ1v) is 6.22. The molecular formula is C11H12Cl2N6. The van der Waals surface area contributed by atoms with E-state index in [-0.39, 0.29) is 0 Å². The molecular weight excluding hydrogens is 287 g/mol. The predicted molar refractivity (Wildman–Crippen MR) is 78.7 cm³/mol. The highest BCUT2D eigenvalue weighted by molar-refractivity contribution is 6.39. The number of hydrogen-bond donors (Lipinski definition) is 3. The van der Waals surface area contributed by atoms with E-state index in [0.717, 1.165) is 0 Å². The van der Waals surface area contributed by atoms with Gasteiger partial charge >= 0.3 is 0 Å². The summed E-state index contributed by atoms with van der Waals surface area (Å²) < 4.78 is 0. The second-order valence-corrected chi connectivity index (χ2v) is 4.34. The van der Waals surface area contributed by atoms with Gasteiger partial charge in [0.05, 0.1) is 15.7 Å². The highest BCUT2D eigenvalue weighted by Crippen LogP contribution is 2.31. The van der Waals surface area contributed by atoms with Crippen LogP contribution in [0.15, 0.2) is 18.2 Å². The Morgan fingerprint density at radius 2 is 1.32 bits per heavy atom. The van der Waals surface area contributed by atoms with E-state index in [1.807, 2.05) is 0 Å². The fraction of sp³-hybridized carbons (Fsp3) is 0.182. The molecule has 2 rings (SSSR count). The summed E-state index contributed by atoms with van der Waals surface area (Å²) in [5, 5.41) is 9.66. The van der Waals surface area contributed by atoms with E-state index < -0.39 is 0 Å². The molecule has 0 saturated carbocycles. The Bertz CT molecular complexity index is 547. The van der Waals surface area contributed by atoms with Gasteiger partial charge in [-0.1, -0.05) is 29.3 Å². The molecule has 0 unspecified atom stereocenters. The largest absolute Gasteiger partial charge is 0.357 e. The molecule has 0 spiro atoms. The van der Waals surface area contributed by atoms with E-state index in [2.05, 4.69) is 30.9 Å². The topological polar surface area (TPSA) is 74.8 Å². The van der Waals surface area contributed by atoms with Gasteiger partial charge in [-0.3, -0.25) is 0 Å². The lowest BCUT2D eigenvalue weighted by Crippen LogP contribution is -2.07. The number of anilines is 4. The van der Waals surface area contributed by atoms with Crippen molar-refractivity contribution in [2.75, 3.05) is 30.0 Å². The van der Waals surface area contributed by atoms with Crippen LogP contribution in [-0.2, 0) is 0 Å². The zero-order valence-corrected chi connectivity index (χ0v) is 11.8. The van der Waals surface area contributed by atoms with Crippen LogP contribution in [0.3, 0.4) is 0 Å². The predicted octanol–water partition coefficient (Wildman–Crippen LogP) is 3.01. The van der Waals surface area contributed by atoms with Gasteiger partial charge in [0.15, 0.2) is 0 Å². The van der Waals surface area contributed by atoms with Crippen LogP contribution >= 0.6 is 23.2 Å². The van der Waals surface area contributed by atoms with Gasteiger partial charge in [0.2, 0.25) is 17.8 Å². The van der Waals surface area contributed by atoms with Gasteiger partial charge in [-0.05, 0) is 12.1 Å². The number of hydrogen-bond acceptors (Lipinski definition) is 6. The van der Waals surface area contributed by atoms with Gasteiger partial charge in [0.1, 0.15) is 0 Å². The van der Waals surface area contributed by atoms with Gasteiger partial charge in [-0.2, -0.15) is 15.0 Å². The van der Waals surface area contributed by atoms with Crippen LogP contribution < -0.4 is 16.0 Å². The monoisotopic (exact) mass is 298 g/mol. The van der Waals surface area contributed by atoms with Gasteiger partial charge in [-0.25, -0.2) is 0 Å². The van der Waals surface area contributed by atoms with Crippen LogP contribution in [0.5, 0.6) is 0 Å². The zero-order valence-electron chi connectivity index (χ0n) is 10.3. The first-order valence-electron chi connectivity index (χ1n) is 5.46. The van der Waals surface area contributed by atoms with Crippen molar-refractivity contribution < 1.29 is 0 Å². The smallest absolute Gasteiger partial charge is 0.233 e. The van der Waals surface area contributed by atoms with Crippen molar-refractivity contribution in [3.8, 4) is 0 Å². The number of rotatable bonds is 4. The minimum Gasteiger partial charge on any atom is -0.357 e. The molecule has 19 heavy (non-hydrogen) atoms. The van der Waals surface area contributed by atoms with E-state index in [9.17, 15) is 0 Å². The quantitative estimate of drug-likeness (QED) is 0.806. The summed E-state index contributed by atoms with van der Waals surface area (Å²) in [5.41, 5.74) is 0.557. The van der Waals surface area contributed by atoms with Crippen LogP contribution in [0.25, 0.3) is 0 Å². The molecule has 0 aliphatic heterocycles. The minimum atomic E-state index is 0.346. The van der Waals surface area contributed by atoms with Crippen LogP contribution in [0, 0.1) is 0 Å². The third-order valence-corrected chi connectivity index (χ3v) is 2.91. The molecule has 0 radical (unpaired) electrons. The molecule has 0 aliphatic carbocycles. The maximum atomic E-state index is 6.08. The third kappa shape index (κ3) is 3.15. The SMILES string of the molecule is CNc1nc(NC)nc(Nc2c(Cl)cccc2Cl)n1. The summed E-state index contributed by atoms with van der Waals surface area (Å²) in [6, 6.07) is 5.23. The maximum absolute atomic E-state index is 6.08. The van der Waals surface area contributed by atoms with Crippen LogP contribution in [0.2, 0.25) is 10.0 Å². The molecule has 1 aromatic heterocycles. The fourth-order valence-electron chi connectivity index (χ4n) is 1.38. The zero-order chi connectivity index (χ0) is 13.8. The third-order valence-electron chi connectivity index (χ3n) is 2.28. The second kappa shape index (κ2) is 5.90. The van der Waals surface area contributed by atoms with Crippen molar-refractivity contribution in [2.24, 2.45) is 0 Å². The molecule has 0 bridgehead atoms. The summed E-state index contributed by atoms with van der Waals surface area (Å²) in [5.74, 6) is 1.22. The summed E-state index contributed by atoms with van der Waals surface area (Å²) in [7, 11) is 3.45. The van der Waals surface area contributed by atoms with E-state index in [1.54, 1.807) is 32.3 Å². The Labute approximate surface area is 120 Å². The summed E-state index contributed by atoms with van der Waals surface area (Å²) in [6.45, 7) is 0. The van der Waals surface area contributed by atoms with Crippen molar-refractivity contribution in [2.45, 2.75) is 0 Å². The molecule has 0 fully saturated rings. The van der Waals surface area contributed by atoms with Gasteiger partial charge in [0, 0.05) is 14.1 Å². The average molecular weight is 299 g/mol. The Morgan fingerprint density at radius 3 is 1.79 bits per heavy atom. The minimum absolute atomic E-state index is 0.346. The normalized spacial score (nSPS) is 10.1. The Morgan fingerprint density at radius 1 is 0.842 bits per heavy atom. The van der Waals surface area contributed by atoms with Crippen molar-refractivity contribution >= 4 is 46.7 Å². The molecule has 100 valence electrons. The van der Waals surface area contributed by atoms with E-state index in [0.29, 0.717) is 33.6 Å². The van der Waals surface area contributed by atoms with E-state index in [1.165, 1.54) is 0 Å². The molecule has 1 heterocycles. The number of nitrogens with one attached hydrogen (secondary N) is 3. The Balaban J connectivity index is 2.37. The molecule has 0 aliphatic rings.